The fourth-order valence-corrected chi connectivity index (χ4v) is 1.44. The quantitative estimate of drug-likeness (QED) is 0.719. The second kappa shape index (κ2) is 5.73. The molecule has 0 aromatic carbocycles. The fourth-order valence-electron chi connectivity index (χ4n) is 1.44. The maximum absolute atomic E-state index is 11.5. The number of aliphatic imine (C=N–C) groups is 1. The summed E-state index contributed by atoms with van der Waals surface area (Å²) in [6, 6.07) is -0.0733. The van der Waals surface area contributed by atoms with Gasteiger partial charge in [-0.15, -0.1) is 0 Å². The highest BCUT2D eigenvalue weighted by atomic mass is 16.2. The first kappa shape index (κ1) is 12.0. The van der Waals surface area contributed by atoms with E-state index < -0.39 is 0 Å². The van der Waals surface area contributed by atoms with Crippen LogP contribution in [-0.2, 0) is 4.79 Å². The molecule has 4 heteroatoms. The summed E-state index contributed by atoms with van der Waals surface area (Å²) in [7, 11) is 0. The Balaban J connectivity index is 2.41. The zero-order chi connectivity index (χ0) is 11.3. The number of rotatable bonds is 5. The standard InChI is InChI=1S/C11H21N3O/c1-4-5-6-9-10(15)14-11(13-9)12-7-8(2)3/h8-9H,4-7H2,1-3H3,(H2,12,13,14,15). The van der Waals surface area contributed by atoms with E-state index in [1.165, 1.54) is 0 Å². The normalized spacial score (nSPS) is 23.3. The average Bonchev–Trinajstić information content (AvgIpc) is 2.53. The summed E-state index contributed by atoms with van der Waals surface area (Å²) >= 11 is 0. The van der Waals surface area contributed by atoms with Crippen molar-refractivity contribution in [1.29, 1.82) is 0 Å². The third kappa shape index (κ3) is 3.90. The second-order valence-corrected chi connectivity index (χ2v) is 4.41. The summed E-state index contributed by atoms with van der Waals surface area (Å²) in [5, 5.41) is 5.89. The molecule has 1 saturated heterocycles. The highest BCUT2D eigenvalue weighted by molar-refractivity contribution is 6.06. The first-order valence-electron chi connectivity index (χ1n) is 5.75. The molecule has 1 aliphatic rings. The second-order valence-electron chi connectivity index (χ2n) is 4.41. The van der Waals surface area contributed by atoms with Gasteiger partial charge in [0.25, 0.3) is 0 Å². The summed E-state index contributed by atoms with van der Waals surface area (Å²) in [5.41, 5.74) is 0. The Labute approximate surface area is 91.5 Å². The van der Waals surface area contributed by atoms with Crippen LogP contribution >= 0.6 is 0 Å². The van der Waals surface area contributed by atoms with Gasteiger partial charge in [-0.05, 0) is 12.3 Å². The molecule has 0 radical (unpaired) electrons. The molecule has 0 spiro atoms. The van der Waals surface area contributed by atoms with Crippen molar-refractivity contribution in [1.82, 2.24) is 10.6 Å². The predicted octanol–water partition coefficient (Wildman–Crippen LogP) is 1.28. The van der Waals surface area contributed by atoms with Crippen LogP contribution < -0.4 is 10.6 Å². The van der Waals surface area contributed by atoms with Gasteiger partial charge in [0.2, 0.25) is 5.91 Å². The van der Waals surface area contributed by atoms with E-state index in [0.29, 0.717) is 11.9 Å². The third-order valence-electron chi connectivity index (χ3n) is 2.33. The van der Waals surface area contributed by atoms with Crippen LogP contribution in [-0.4, -0.2) is 24.5 Å². The zero-order valence-corrected chi connectivity index (χ0v) is 9.84. The minimum atomic E-state index is -0.0733. The van der Waals surface area contributed by atoms with Gasteiger partial charge in [0.05, 0.1) is 0 Å². The number of carbonyl (C=O) groups is 1. The van der Waals surface area contributed by atoms with Gasteiger partial charge in [0.15, 0.2) is 5.96 Å². The van der Waals surface area contributed by atoms with Gasteiger partial charge >= 0.3 is 0 Å². The van der Waals surface area contributed by atoms with E-state index in [2.05, 4.69) is 36.4 Å². The van der Waals surface area contributed by atoms with Gasteiger partial charge < -0.3 is 5.32 Å². The van der Waals surface area contributed by atoms with E-state index in [9.17, 15) is 4.79 Å². The molecule has 1 amide bonds. The lowest BCUT2D eigenvalue weighted by Gasteiger charge is -2.05. The Morgan fingerprint density at radius 1 is 1.47 bits per heavy atom. The van der Waals surface area contributed by atoms with E-state index in [-0.39, 0.29) is 11.9 Å². The van der Waals surface area contributed by atoms with Crippen molar-refractivity contribution in [3.63, 3.8) is 0 Å². The van der Waals surface area contributed by atoms with E-state index >= 15 is 0 Å². The molecular weight excluding hydrogens is 190 g/mol. The monoisotopic (exact) mass is 211 g/mol. The van der Waals surface area contributed by atoms with Gasteiger partial charge in [-0.25, -0.2) is 0 Å². The number of carbonyl (C=O) groups excluding carboxylic acids is 1. The summed E-state index contributed by atoms with van der Waals surface area (Å²) in [6.07, 6.45) is 3.08. The third-order valence-corrected chi connectivity index (χ3v) is 2.33. The molecule has 0 saturated carbocycles. The average molecular weight is 211 g/mol. The summed E-state index contributed by atoms with van der Waals surface area (Å²) in [5.74, 6) is 1.23. The number of nitrogens with zero attached hydrogens (tertiary/aromatic N) is 1. The Kier molecular flexibility index (Phi) is 4.59. The number of hydrogen-bond donors (Lipinski definition) is 2. The van der Waals surface area contributed by atoms with Crippen molar-refractivity contribution >= 4 is 11.9 Å². The van der Waals surface area contributed by atoms with E-state index in [1.807, 2.05) is 0 Å². The number of unbranched alkanes of at least 4 members (excludes halogenated alkanes) is 1. The van der Waals surface area contributed by atoms with Crippen LogP contribution in [0.4, 0.5) is 0 Å². The van der Waals surface area contributed by atoms with Crippen molar-refractivity contribution in [3.05, 3.63) is 0 Å². The molecule has 4 nitrogen and oxygen atoms in total. The van der Waals surface area contributed by atoms with E-state index in [0.717, 1.165) is 25.8 Å². The molecule has 1 fully saturated rings. The molecule has 1 unspecified atom stereocenters. The molecule has 1 atom stereocenters. The number of guanidine groups is 1. The first-order chi connectivity index (χ1) is 7.13. The largest absolute Gasteiger partial charge is 0.344 e. The molecular formula is C11H21N3O. The fraction of sp³-hybridized carbons (Fsp3) is 0.818. The van der Waals surface area contributed by atoms with Crippen molar-refractivity contribution in [2.45, 2.75) is 46.1 Å². The summed E-state index contributed by atoms with van der Waals surface area (Å²) in [4.78, 5) is 15.8. The molecule has 2 N–H and O–H groups in total. The van der Waals surface area contributed by atoms with Crippen LogP contribution in [0.1, 0.15) is 40.0 Å². The number of hydrogen-bond acceptors (Lipinski definition) is 2. The Morgan fingerprint density at radius 2 is 2.20 bits per heavy atom. The van der Waals surface area contributed by atoms with Crippen molar-refractivity contribution in [2.24, 2.45) is 10.9 Å². The SMILES string of the molecule is CCCCC1NC(=NCC(C)C)NC1=O. The molecule has 0 aromatic rings. The molecule has 0 aromatic heterocycles. The van der Waals surface area contributed by atoms with Gasteiger partial charge in [0, 0.05) is 6.54 Å². The maximum Gasteiger partial charge on any atom is 0.249 e. The van der Waals surface area contributed by atoms with Gasteiger partial charge in [-0.1, -0.05) is 33.6 Å². The number of nitrogens with one attached hydrogen (secondary N) is 2. The van der Waals surface area contributed by atoms with Crippen LogP contribution in [0.5, 0.6) is 0 Å². The van der Waals surface area contributed by atoms with Crippen molar-refractivity contribution in [3.8, 4) is 0 Å². The Morgan fingerprint density at radius 3 is 2.80 bits per heavy atom. The Hall–Kier alpha value is -1.06. The zero-order valence-electron chi connectivity index (χ0n) is 9.84. The van der Waals surface area contributed by atoms with Crippen molar-refractivity contribution < 1.29 is 4.79 Å². The van der Waals surface area contributed by atoms with Crippen LogP contribution in [0.25, 0.3) is 0 Å². The minimum absolute atomic E-state index is 0.0611. The van der Waals surface area contributed by atoms with Crippen LogP contribution in [0.2, 0.25) is 0 Å². The molecule has 0 bridgehead atoms. The topological polar surface area (TPSA) is 53.5 Å². The summed E-state index contributed by atoms with van der Waals surface area (Å²) in [6.45, 7) is 7.09. The molecule has 0 aliphatic carbocycles. The molecule has 86 valence electrons. The smallest absolute Gasteiger partial charge is 0.249 e. The van der Waals surface area contributed by atoms with Crippen molar-refractivity contribution in [2.75, 3.05) is 6.54 Å². The molecule has 1 heterocycles. The molecule has 1 rings (SSSR count). The van der Waals surface area contributed by atoms with Gasteiger partial charge in [0.1, 0.15) is 6.04 Å². The Bertz CT molecular complexity index is 248. The van der Waals surface area contributed by atoms with E-state index in [4.69, 9.17) is 0 Å². The molecule has 15 heavy (non-hydrogen) atoms. The predicted molar refractivity (Wildman–Crippen MR) is 61.7 cm³/mol. The van der Waals surface area contributed by atoms with Crippen LogP contribution in [0, 0.1) is 5.92 Å². The van der Waals surface area contributed by atoms with Crippen LogP contribution in [0.3, 0.4) is 0 Å². The lowest BCUT2D eigenvalue weighted by atomic mass is 10.1. The molecule has 1 aliphatic heterocycles. The maximum atomic E-state index is 11.5. The van der Waals surface area contributed by atoms with Crippen LogP contribution in [0.15, 0.2) is 4.99 Å². The summed E-state index contributed by atoms with van der Waals surface area (Å²) < 4.78 is 0. The van der Waals surface area contributed by atoms with E-state index in [1.54, 1.807) is 0 Å². The first-order valence-corrected chi connectivity index (χ1v) is 5.75. The number of amides is 1. The highest BCUT2D eigenvalue weighted by Crippen LogP contribution is 2.04. The van der Waals surface area contributed by atoms with Gasteiger partial charge in [-0.3, -0.25) is 15.1 Å². The lowest BCUT2D eigenvalue weighted by Crippen LogP contribution is -2.29. The van der Waals surface area contributed by atoms with Gasteiger partial charge in [-0.2, -0.15) is 0 Å². The highest BCUT2D eigenvalue weighted by Gasteiger charge is 2.26. The lowest BCUT2D eigenvalue weighted by molar-refractivity contribution is -0.120. The minimum Gasteiger partial charge on any atom is -0.344 e.